The second kappa shape index (κ2) is 11.2. The Labute approximate surface area is 240 Å². The van der Waals surface area contributed by atoms with Crippen LogP contribution in [0.3, 0.4) is 0 Å². The highest BCUT2D eigenvalue weighted by atomic mass is 32.2. The van der Waals surface area contributed by atoms with Crippen LogP contribution in [0.15, 0.2) is 96.3 Å². The van der Waals surface area contributed by atoms with Gasteiger partial charge in [-0.2, -0.15) is 5.10 Å². The third-order valence-corrected chi connectivity index (χ3v) is 8.40. The smallest absolute Gasteiger partial charge is 0.228 e. The summed E-state index contributed by atoms with van der Waals surface area (Å²) < 4.78 is 30.1. The van der Waals surface area contributed by atoms with Crippen molar-refractivity contribution in [2.45, 2.75) is 50.3 Å². The number of nitrogens with zero attached hydrogens (tertiary/aromatic N) is 3. The lowest BCUT2D eigenvalue weighted by Gasteiger charge is -2.18. The van der Waals surface area contributed by atoms with E-state index in [0.29, 0.717) is 33.0 Å². The fourth-order valence-electron chi connectivity index (χ4n) is 4.49. The number of rotatable bonds is 8. The molecule has 0 aliphatic rings. The largest absolute Gasteiger partial charge is 0.456 e. The number of hydrogen-bond acceptors (Lipinski definition) is 6. The van der Waals surface area contributed by atoms with E-state index in [1.54, 1.807) is 36.7 Å². The molecule has 210 valence electrons. The molecule has 2 aromatic heterocycles. The molecule has 3 aromatic carbocycles. The summed E-state index contributed by atoms with van der Waals surface area (Å²) in [6.45, 7) is 8.07. The summed E-state index contributed by atoms with van der Waals surface area (Å²) in [5.41, 5.74) is 3.74. The molecular formula is C32H33N5O3S. The minimum atomic E-state index is -3.07. The number of anilines is 1. The maximum absolute atomic E-state index is 13.4. The Balaban J connectivity index is 1.32. The average molecular weight is 568 g/mol. The van der Waals surface area contributed by atoms with Crippen molar-refractivity contribution in [3.8, 4) is 11.5 Å². The zero-order valence-corrected chi connectivity index (χ0v) is 24.4. The van der Waals surface area contributed by atoms with Gasteiger partial charge in [0.2, 0.25) is 5.91 Å². The average Bonchev–Trinajstić information content (AvgIpc) is 3.39. The Morgan fingerprint density at radius 3 is 2.49 bits per heavy atom. The van der Waals surface area contributed by atoms with Crippen LogP contribution >= 0.6 is 0 Å². The van der Waals surface area contributed by atoms with Crippen LogP contribution in [0.5, 0.6) is 11.5 Å². The highest BCUT2D eigenvalue weighted by Crippen LogP contribution is 2.33. The minimum absolute atomic E-state index is 0.128. The molecule has 0 saturated carbocycles. The number of carbonyl (C=O) groups is 1. The summed E-state index contributed by atoms with van der Waals surface area (Å²) in [5.74, 6) is 1.18. The van der Waals surface area contributed by atoms with Gasteiger partial charge in [0.15, 0.2) is 0 Å². The van der Waals surface area contributed by atoms with Gasteiger partial charge in [-0.15, -0.1) is 0 Å². The lowest BCUT2D eigenvalue weighted by Crippen LogP contribution is -2.22. The van der Waals surface area contributed by atoms with E-state index < -0.39 is 9.73 Å². The summed E-state index contributed by atoms with van der Waals surface area (Å²) >= 11 is 0. The topological polar surface area (TPSA) is 110 Å². The number of ether oxygens (including phenoxy) is 1. The minimum Gasteiger partial charge on any atom is -0.456 e. The summed E-state index contributed by atoms with van der Waals surface area (Å²) in [6.07, 6.45) is 5.35. The number of hydrogen-bond donors (Lipinski definition) is 2. The third kappa shape index (κ3) is 6.63. The number of amides is 1. The Kier molecular flexibility index (Phi) is 7.64. The monoisotopic (exact) mass is 567 g/mol. The van der Waals surface area contributed by atoms with Crippen LogP contribution in [0.4, 0.5) is 5.69 Å². The van der Waals surface area contributed by atoms with Gasteiger partial charge in [-0.25, -0.2) is 8.99 Å². The summed E-state index contributed by atoms with van der Waals surface area (Å²) in [7, 11) is -3.07. The molecule has 2 heterocycles. The first-order chi connectivity index (χ1) is 19.5. The fraction of sp³-hybridized carbons (Fsp3) is 0.219. The molecule has 1 amide bonds. The molecule has 0 aliphatic carbocycles. The van der Waals surface area contributed by atoms with E-state index in [2.05, 4.69) is 15.4 Å². The van der Waals surface area contributed by atoms with Crippen LogP contribution in [-0.4, -0.2) is 24.9 Å². The predicted molar refractivity (Wildman–Crippen MR) is 162 cm³/mol. The van der Waals surface area contributed by atoms with Gasteiger partial charge in [0, 0.05) is 22.7 Å². The molecule has 0 aliphatic heterocycles. The Morgan fingerprint density at radius 2 is 1.78 bits per heavy atom. The molecule has 1 atom stereocenters. The normalized spacial score (nSPS) is 13.1. The van der Waals surface area contributed by atoms with Gasteiger partial charge in [0.05, 0.1) is 44.8 Å². The molecule has 41 heavy (non-hydrogen) atoms. The maximum atomic E-state index is 13.4. The van der Waals surface area contributed by atoms with Gasteiger partial charge >= 0.3 is 0 Å². The Bertz CT molecular complexity index is 1820. The molecule has 0 radical (unpaired) electrons. The first-order valence-electron chi connectivity index (χ1n) is 13.3. The summed E-state index contributed by atoms with van der Waals surface area (Å²) in [6, 6.07) is 22.0. The second-order valence-electron chi connectivity index (χ2n) is 11.1. The molecule has 2 N–H and O–H groups in total. The first-order valence-corrected chi connectivity index (χ1v) is 15.0. The van der Waals surface area contributed by atoms with Gasteiger partial charge in [-0.1, -0.05) is 42.5 Å². The van der Waals surface area contributed by atoms with Crippen molar-refractivity contribution in [1.29, 1.82) is 4.78 Å². The van der Waals surface area contributed by atoms with Crippen molar-refractivity contribution >= 4 is 32.2 Å². The van der Waals surface area contributed by atoms with Crippen molar-refractivity contribution in [3.05, 3.63) is 108 Å². The number of aromatic nitrogens is 3. The van der Waals surface area contributed by atoms with Crippen LogP contribution in [0.25, 0.3) is 10.9 Å². The molecule has 0 spiro atoms. The van der Waals surface area contributed by atoms with Crippen molar-refractivity contribution in [2.75, 3.05) is 5.32 Å². The number of aryl methyl sites for hydroxylation is 1. The first kappa shape index (κ1) is 28.0. The van der Waals surface area contributed by atoms with Crippen LogP contribution in [0.2, 0.25) is 0 Å². The Hall–Kier alpha value is -4.50. The standard InChI is InChI=1S/C32H33N5O3S/c1-22-16-24(17-31(38)36-25-19-35-37(20-25)32(2,3)4)10-13-29(22)40-30-14-15-34-28-12-11-26(18-27(28)30)41(33,39)21-23-8-6-5-7-9-23/h5-16,18-20,33H,17,21H2,1-4H3,(H,36,38). The number of benzene rings is 3. The number of pyridine rings is 1. The number of carbonyl (C=O) groups excluding carboxylic acids is 1. The van der Waals surface area contributed by atoms with E-state index in [9.17, 15) is 9.00 Å². The van der Waals surface area contributed by atoms with Crippen molar-refractivity contribution in [2.24, 2.45) is 0 Å². The lowest BCUT2D eigenvalue weighted by atomic mass is 10.1. The number of fused-ring (bicyclic) bond motifs is 1. The number of nitrogens with one attached hydrogen (secondary N) is 2. The summed E-state index contributed by atoms with van der Waals surface area (Å²) in [5, 5.41) is 7.91. The SMILES string of the molecule is Cc1cc(CC(=O)Nc2cnn(C(C)(C)C)c2)ccc1Oc1ccnc2ccc(S(=N)(=O)Cc3ccccc3)cc12. The van der Waals surface area contributed by atoms with E-state index in [0.717, 1.165) is 16.7 Å². The third-order valence-electron chi connectivity index (χ3n) is 6.64. The van der Waals surface area contributed by atoms with Gasteiger partial charge < -0.3 is 10.1 Å². The summed E-state index contributed by atoms with van der Waals surface area (Å²) in [4.78, 5) is 17.5. The highest BCUT2D eigenvalue weighted by Gasteiger charge is 2.17. The zero-order chi connectivity index (χ0) is 29.2. The van der Waals surface area contributed by atoms with E-state index >= 15 is 0 Å². The van der Waals surface area contributed by atoms with Crippen LogP contribution in [0, 0.1) is 11.7 Å². The van der Waals surface area contributed by atoms with E-state index in [4.69, 9.17) is 9.52 Å². The van der Waals surface area contributed by atoms with Crippen molar-refractivity contribution in [1.82, 2.24) is 14.8 Å². The maximum Gasteiger partial charge on any atom is 0.228 e. The molecule has 5 aromatic rings. The fourth-order valence-corrected chi connectivity index (χ4v) is 5.91. The predicted octanol–water partition coefficient (Wildman–Crippen LogP) is 7.07. The van der Waals surface area contributed by atoms with Crippen molar-refractivity contribution in [3.63, 3.8) is 0 Å². The van der Waals surface area contributed by atoms with E-state index in [-0.39, 0.29) is 23.6 Å². The van der Waals surface area contributed by atoms with Gasteiger partial charge in [-0.3, -0.25) is 14.5 Å². The highest BCUT2D eigenvalue weighted by molar-refractivity contribution is 7.91. The van der Waals surface area contributed by atoms with Gasteiger partial charge in [0.1, 0.15) is 11.5 Å². The molecular weight excluding hydrogens is 534 g/mol. The molecule has 9 heteroatoms. The van der Waals surface area contributed by atoms with Gasteiger partial charge in [-0.05, 0) is 74.7 Å². The molecule has 0 saturated heterocycles. The molecule has 0 bridgehead atoms. The molecule has 1 unspecified atom stereocenters. The van der Waals surface area contributed by atoms with Crippen LogP contribution in [-0.2, 0) is 32.2 Å². The lowest BCUT2D eigenvalue weighted by molar-refractivity contribution is -0.115. The van der Waals surface area contributed by atoms with Gasteiger partial charge in [0.25, 0.3) is 0 Å². The second-order valence-corrected chi connectivity index (χ2v) is 13.2. The van der Waals surface area contributed by atoms with E-state index in [1.165, 1.54) is 0 Å². The quantitative estimate of drug-likeness (QED) is 0.208. The molecule has 5 rings (SSSR count). The Morgan fingerprint density at radius 1 is 1.00 bits per heavy atom. The van der Waals surface area contributed by atoms with Crippen LogP contribution in [0.1, 0.15) is 37.5 Å². The van der Waals surface area contributed by atoms with E-state index in [1.807, 2.05) is 87.1 Å². The molecule has 0 fully saturated rings. The zero-order valence-electron chi connectivity index (χ0n) is 23.5. The molecule has 8 nitrogen and oxygen atoms in total. The van der Waals surface area contributed by atoms with Crippen LogP contribution < -0.4 is 10.1 Å². The van der Waals surface area contributed by atoms with Crippen molar-refractivity contribution < 1.29 is 13.7 Å².